The summed E-state index contributed by atoms with van der Waals surface area (Å²) in [6, 6.07) is 0.0316. The van der Waals surface area contributed by atoms with E-state index in [1.807, 2.05) is 4.90 Å². The fourth-order valence-corrected chi connectivity index (χ4v) is 2.33. The third kappa shape index (κ3) is 2.52. The highest BCUT2D eigenvalue weighted by atomic mass is 16.2. The zero-order chi connectivity index (χ0) is 11.5. The van der Waals surface area contributed by atoms with Gasteiger partial charge in [0.15, 0.2) is 0 Å². The van der Waals surface area contributed by atoms with E-state index < -0.39 is 0 Å². The van der Waals surface area contributed by atoms with Crippen molar-refractivity contribution in [3.05, 3.63) is 0 Å². The summed E-state index contributed by atoms with van der Waals surface area (Å²) in [5.41, 5.74) is 5.80. The summed E-state index contributed by atoms with van der Waals surface area (Å²) >= 11 is 0. The summed E-state index contributed by atoms with van der Waals surface area (Å²) in [6.07, 6.45) is 3.39. The van der Waals surface area contributed by atoms with Gasteiger partial charge < -0.3 is 15.5 Å². The SMILES string of the molecule is NC1CCC(=O)N(CC(=O)N2CCCC2)C1. The Morgan fingerprint density at radius 1 is 1.38 bits per heavy atom. The first-order valence-corrected chi connectivity index (χ1v) is 5.98. The second-order valence-electron chi connectivity index (χ2n) is 4.66. The molecule has 0 aromatic rings. The van der Waals surface area contributed by atoms with Gasteiger partial charge in [-0.1, -0.05) is 0 Å². The van der Waals surface area contributed by atoms with Crippen LogP contribution in [0.5, 0.6) is 0 Å². The topological polar surface area (TPSA) is 66.6 Å². The van der Waals surface area contributed by atoms with E-state index in [4.69, 9.17) is 5.73 Å². The van der Waals surface area contributed by atoms with Crippen molar-refractivity contribution in [3.63, 3.8) is 0 Å². The van der Waals surface area contributed by atoms with Gasteiger partial charge in [-0.2, -0.15) is 0 Å². The minimum atomic E-state index is 0.0316. The number of amides is 2. The average molecular weight is 225 g/mol. The molecular formula is C11H19N3O2. The maximum absolute atomic E-state index is 11.9. The first kappa shape index (κ1) is 11.4. The molecule has 0 aromatic carbocycles. The highest BCUT2D eigenvalue weighted by Crippen LogP contribution is 2.12. The van der Waals surface area contributed by atoms with Crippen molar-refractivity contribution < 1.29 is 9.59 Å². The maximum Gasteiger partial charge on any atom is 0.242 e. The zero-order valence-corrected chi connectivity index (χ0v) is 9.52. The van der Waals surface area contributed by atoms with Gasteiger partial charge in [-0.05, 0) is 19.3 Å². The van der Waals surface area contributed by atoms with E-state index in [9.17, 15) is 9.59 Å². The van der Waals surface area contributed by atoms with Crippen molar-refractivity contribution in [2.24, 2.45) is 5.73 Å². The predicted octanol–water partition coefficient (Wildman–Crippen LogP) is -0.441. The molecule has 2 fully saturated rings. The number of nitrogens with two attached hydrogens (primary N) is 1. The second-order valence-corrected chi connectivity index (χ2v) is 4.66. The lowest BCUT2D eigenvalue weighted by Crippen LogP contribution is -2.50. The Morgan fingerprint density at radius 3 is 2.75 bits per heavy atom. The van der Waals surface area contributed by atoms with Gasteiger partial charge in [0.05, 0.1) is 6.54 Å². The molecule has 0 spiro atoms. The number of rotatable bonds is 2. The number of hydrogen-bond donors (Lipinski definition) is 1. The van der Waals surface area contributed by atoms with Crippen LogP contribution in [-0.2, 0) is 9.59 Å². The van der Waals surface area contributed by atoms with Crippen LogP contribution in [0.1, 0.15) is 25.7 Å². The Labute approximate surface area is 95.6 Å². The van der Waals surface area contributed by atoms with E-state index in [1.165, 1.54) is 0 Å². The second kappa shape index (κ2) is 4.82. The van der Waals surface area contributed by atoms with Crippen molar-refractivity contribution in [2.45, 2.75) is 31.7 Å². The van der Waals surface area contributed by atoms with Crippen LogP contribution in [0, 0.1) is 0 Å². The largest absolute Gasteiger partial charge is 0.341 e. The molecule has 0 radical (unpaired) electrons. The minimum Gasteiger partial charge on any atom is -0.341 e. The van der Waals surface area contributed by atoms with Crippen molar-refractivity contribution in [2.75, 3.05) is 26.2 Å². The van der Waals surface area contributed by atoms with E-state index in [-0.39, 0.29) is 24.4 Å². The quantitative estimate of drug-likeness (QED) is 0.692. The molecule has 1 atom stereocenters. The fourth-order valence-electron chi connectivity index (χ4n) is 2.33. The van der Waals surface area contributed by atoms with Crippen LogP contribution < -0.4 is 5.73 Å². The van der Waals surface area contributed by atoms with Gasteiger partial charge in [-0.15, -0.1) is 0 Å². The third-order valence-corrected chi connectivity index (χ3v) is 3.32. The molecule has 1 unspecified atom stereocenters. The van der Waals surface area contributed by atoms with Crippen LogP contribution in [0.2, 0.25) is 0 Å². The Balaban J connectivity index is 1.87. The third-order valence-electron chi connectivity index (χ3n) is 3.32. The maximum atomic E-state index is 11.9. The van der Waals surface area contributed by atoms with Gasteiger partial charge >= 0.3 is 0 Å². The molecule has 2 heterocycles. The van der Waals surface area contributed by atoms with Crippen LogP contribution >= 0.6 is 0 Å². The Hall–Kier alpha value is -1.10. The molecule has 0 aromatic heterocycles. The molecule has 2 aliphatic rings. The molecule has 16 heavy (non-hydrogen) atoms. The van der Waals surface area contributed by atoms with E-state index >= 15 is 0 Å². The minimum absolute atomic E-state index is 0.0316. The smallest absolute Gasteiger partial charge is 0.242 e. The van der Waals surface area contributed by atoms with Crippen LogP contribution in [-0.4, -0.2) is 53.8 Å². The van der Waals surface area contributed by atoms with Crippen LogP contribution in [0.4, 0.5) is 0 Å². The average Bonchev–Trinajstić information content (AvgIpc) is 2.76. The number of nitrogens with zero attached hydrogens (tertiary/aromatic N) is 2. The summed E-state index contributed by atoms with van der Waals surface area (Å²) in [5.74, 6) is 0.134. The predicted molar refractivity (Wildman–Crippen MR) is 59.6 cm³/mol. The van der Waals surface area contributed by atoms with Gasteiger partial charge in [0.1, 0.15) is 0 Å². The lowest BCUT2D eigenvalue weighted by molar-refractivity contribution is -0.141. The summed E-state index contributed by atoms with van der Waals surface area (Å²) in [5, 5.41) is 0. The highest BCUT2D eigenvalue weighted by molar-refractivity contribution is 5.85. The van der Waals surface area contributed by atoms with Crippen LogP contribution in [0.25, 0.3) is 0 Å². The number of hydrogen-bond acceptors (Lipinski definition) is 3. The van der Waals surface area contributed by atoms with Crippen molar-refractivity contribution in [3.8, 4) is 0 Å². The van der Waals surface area contributed by atoms with Gasteiger partial charge in [0.2, 0.25) is 11.8 Å². The summed E-state index contributed by atoms with van der Waals surface area (Å²) in [4.78, 5) is 26.9. The molecule has 2 amide bonds. The first-order valence-electron chi connectivity index (χ1n) is 5.98. The summed E-state index contributed by atoms with van der Waals surface area (Å²) in [7, 11) is 0. The van der Waals surface area contributed by atoms with Gasteiger partial charge in [-0.25, -0.2) is 0 Å². The normalized spacial score (nSPS) is 26.3. The van der Waals surface area contributed by atoms with E-state index in [2.05, 4.69) is 0 Å². The van der Waals surface area contributed by atoms with Gasteiger partial charge in [0, 0.05) is 32.1 Å². The molecule has 0 saturated carbocycles. The Bertz CT molecular complexity index is 287. The first-order chi connectivity index (χ1) is 7.66. The molecule has 2 saturated heterocycles. The molecule has 0 bridgehead atoms. The van der Waals surface area contributed by atoms with Crippen molar-refractivity contribution >= 4 is 11.8 Å². The molecule has 2 aliphatic heterocycles. The van der Waals surface area contributed by atoms with Crippen LogP contribution in [0.3, 0.4) is 0 Å². The van der Waals surface area contributed by atoms with E-state index in [0.717, 1.165) is 32.4 Å². The molecule has 2 rings (SSSR count). The molecule has 5 nitrogen and oxygen atoms in total. The standard InChI is InChI=1S/C11H19N3O2/c12-9-3-4-10(15)14(7-9)8-11(16)13-5-1-2-6-13/h9H,1-8,12H2. The van der Waals surface area contributed by atoms with Gasteiger partial charge in [-0.3, -0.25) is 9.59 Å². The molecule has 0 aliphatic carbocycles. The monoisotopic (exact) mass is 225 g/mol. The number of likely N-dealkylation sites (tertiary alicyclic amines) is 2. The lowest BCUT2D eigenvalue weighted by atomic mass is 10.1. The molecule has 2 N–H and O–H groups in total. The number of carbonyl (C=O) groups is 2. The highest BCUT2D eigenvalue weighted by Gasteiger charge is 2.27. The van der Waals surface area contributed by atoms with Crippen LogP contribution in [0.15, 0.2) is 0 Å². The lowest BCUT2D eigenvalue weighted by Gasteiger charge is -2.31. The molecule has 5 heteroatoms. The Morgan fingerprint density at radius 2 is 2.06 bits per heavy atom. The fraction of sp³-hybridized carbons (Fsp3) is 0.818. The van der Waals surface area contributed by atoms with E-state index in [0.29, 0.717) is 13.0 Å². The molecule has 90 valence electrons. The summed E-state index contributed by atoms with van der Waals surface area (Å²) in [6.45, 7) is 2.42. The number of carbonyl (C=O) groups excluding carboxylic acids is 2. The summed E-state index contributed by atoms with van der Waals surface area (Å²) < 4.78 is 0. The number of piperidine rings is 1. The van der Waals surface area contributed by atoms with Gasteiger partial charge in [0.25, 0.3) is 0 Å². The molecular weight excluding hydrogens is 206 g/mol. The van der Waals surface area contributed by atoms with E-state index in [1.54, 1.807) is 4.90 Å². The van der Waals surface area contributed by atoms with Crippen molar-refractivity contribution in [1.29, 1.82) is 0 Å². The Kier molecular flexibility index (Phi) is 3.43. The zero-order valence-electron chi connectivity index (χ0n) is 9.52. The van der Waals surface area contributed by atoms with Crippen molar-refractivity contribution in [1.82, 2.24) is 9.80 Å².